The third kappa shape index (κ3) is 3.06. The van der Waals surface area contributed by atoms with E-state index in [9.17, 15) is 0 Å². The molecular weight excluding hydrogens is 170 g/mol. The molecule has 0 unspecified atom stereocenters. The van der Waals surface area contributed by atoms with Crippen molar-refractivity contribution in [2.24, 2.45) is 0 Å². The lowest BCUT2D eigenvalue weighted by Gasteiger charge is -2.03. The monoisotopic (exact) mass is 191 g/mol. The maximum absolute atomic E-state index is 3.45. The second-order valence-corrected chi connectivity index (χ2v) is 3.61. The molecule has 1 N–H and O–H groups in total. The first-order valence-corrected chi connectivity index (χ1v) is 5.65. The molecule has 0 saturated carbocycles. The van der Waals surface area contributed by atoms with Crippen LogP contribution >= 0.6 is 0 Å². The normalized spacial score (nSPS) is 19.8. The highest BCUT2D eigenvalue weighted by Gasteiger charge is 2.09. The number of fused-ring (bicyclic) bond motifs is 2. The van der Waals surface area contributed by atoms with Crippen molar-refractivity contribution in [3.8, 4) is 0 Å². The van der Waals surface area contributed by atoms with Crippen molar-refractivity contribution in [2.45, 2.75) is 40.0 Å². The van der Waals surface area contributed by atoms with Crippen molar-refractivity contribution in [1.82, 2.24) is 5.32 Å². The van der Waals surface area contributed by atoms with Crippen molar-refractivity contribution in [3.05, 3.63) is 35.1 Å². The summed E-state index contributed by atoms with van der Waals surface area (Å²) in [6.07, 6.45) is 10.4. The fourth-order valence-corrected chi connectivity index (χ4v) is 1.80. The lowest BCUT2D eigenvalue weighted by molar-refractivity contribution is 0.760. The number of nitrogens with one attached hydrogen (secondary N) is 1. The van der Waals surface area contributed by atoms with Crippen molar-refractivity contribution in [2.75, 3.05) is 6.54 Å². The van der Waals surface area contributed by atoms with Gasteiger partial charge >= 0.3 is 0 Å². The summed E-state index contributed by atoms with van der Waals surface area (Å²) in [4.78, 5) is 0. The van der Waals surface area contributed by atoms with E-state index in [4.69, 9.17) is 0 Å². The topological polar surface area (TPSA) is 12.0 Å². The van der Waals surface area contributed by atoms with Gasteiger partial charge in [0.05, 0.1) is 0 Å². The van der Waals surface area contributed by atoms with Gasteiger partial charge in [-0.05, 0) is 25.8 Å². The van der Waals surface area contributed by atoms with Crippen LogP contribution in [0.5, 0.6) is 0 Å². The highest BCUT2D eigenvalue weighted by Crippen LogP contribution is 2.22. The highest BCUT2D eigenvalue weighted by atomic mass is 14.9. The van der Waals surface area contributed by atoms with Crippen LogP contribution in [0.2, 0.25) is 0 Å². The van der Waals surface area contributed by atoms with E-state index < -0.39 is 0 Å². The molecule has 0 atom stereocenters. The van der Waals surface area contributed by atoms with Crippen LogP contribution in [0.3, 0.4) is 0 Å². The largest absolute Gasteiger partial charge is 0.388 e. The summed E-state index contributed by atoms with van der Waals surface area (Å²) in [6, 6.07) is 0. The minimum absolute atomic E-state index is 1.13. The van der Waals surface area contributed by atoms with Gasteiger partial charge in [-0.25, -0.2) is 0 Å². The minimum Gasteiger partial charge on any atom is -0.388 e. The molecule has 0 amide bonds. The molecule has 1 aliphatic carbocycles. The Morgan fingerprint density at radius 3 is 2.79 bits per heavy atom. The Balaban J connectivity index is 0.000000461. The van der Waals surface area contributed by atoms with Gasteiger partial charge < -0.3 is 5.32 Å². The van der Waals surface area contributed by atoms with Gasteiger partial charge in [0.25, 0.3) is 0 Å². The summed E-state index contributed by atoms with van der Waals surface area (Å²) < 4.78 is 0. The number of allylic oxidation sites excluding steroid dienone is 5. The van der Waals surface area contributed by atoms with Crippen molar-refractivity contribution >= 4 is 0 Å². The smallest absolute Gasteiger partial charge is 0.0148 e. The standard InChI is InChI=1S/C11H15N.C2H6/c1-9-4-5-11-8-10(7-9)3-2-6-12-11;1-2/h4-5,7,12H,2-3,6,8H2,1H3;1-2H3. The Morgan fingerprint density at radius 2 is 2.00 bits per heavy atom. The first-order valence-electron chi connectivity index (χ1n) is 5.65. The Morgan fingerprint density at radius 1 is 1.21 bits per heavy atom. The first kappa shape index (κ1) is 11.1. The predicted molar refractivity (Wildman–Crippen MR) is 63.1 cm³/mol. The molecule has 0 aromatic carbocycles. The highest BCUT2D eigenvalue weighted by molar-refractivity contribution is 5.34. The SMILES string of the molecule is CC.CC1=CC=C2CC(=C1)CCCN2. The number of hydrogen-bond donors (Lipinski definition) is 1. The summed E-state index contributed by atoms with van der Waals surface area (Å²) in [5.41, 5.74) is 4.34. The second-order valence-electron chi connectivity index (χ2n) is 3.61. The molecule has 2 bridgehead atoms. The zero-order valence-electron chi connectivity index (χ0n) is 9.56. The van der Waals surface area contributed by atoms with Gasteiger partial charge in [-0.2, -0.15) is 0 Å². The van der Waals surface area contributed by atoms with Crippen LogP contribution in [-0.2, 0) is 0 Å². The molecule has 0 spiro atoms. The molecule has 1 saturated heterocycles. The van der Waals surface area contributed by atoms with Crippen LogP contribution in [0.25, 0.3) is 0 Å². The van der Waals surface area contributed by atoms with Gasteiger partial charge in [-0.1, -0.05) is 37.1 Å². The molecule has 14 heavy (non-hydrogen) atoms. The molecule has 1 aliphatic heterocycles. The zero-order chi connectivity index (χ0) is 10.4. The van der Waals surface area contributed by atoms with Crippen molar-refractivity contribution < 1.29 is 0 Å². The first-order chi connectivity index (χ1) is 6.84. The molecular formula is C13H21N. The molecule has 1 heterocycles. The maximum Gasteiger partial charge on any atom is 0.0148 e. The average Bonchev–Trinajstić information content (AvgIpc) is 2.53. The summed E-state index contributed by atoms with van der Waals surface area (Å²) in [5, 5.41) is 3.45. The number of hydrogen-bond acceptors (Lipinski definition) is 1. The second kappa shape index (κ2) is 5.69. The van der Waals surface area contributed by atoms with E-state index in [1.807, 2.05) is 13.8 Å². The summed E-state index contributed by atoms with van der Waals surface area (Å²) in [6.45, 7) is 7.30. The summed E-state index contributed by atoms with van der Waals surface area (Å²) in [5.74, 6) is 0. The minimum atomic E-state index is 1.13. The quantitative estimate of drug-likeness (QED) is 0.617. The Bertz CT molecular complexity index is 269. The fourth-order valence-electron chi connectivity index (χ4n) is 1.80. The van der Waals surface area contributed by atoms with Crippen LogP contribution in [0.15, 0.2) is 35.1 Å². The van der Waals surface area contributed by atoms with Crippen molar-refractivity contribution in [3.63, 3.8) is 0 Å². The third-order valence-electron chi connectivity index (χ3n) is 2.42. The summed E-state index contributed by atoms with van der Waals surface area (Å²) >= 11 is 0. The molecule has 2 rings (SSSR count). The lowest BCUT2D eigenvalue weighted by Crippen LogP contribution is -2.11. The molecule has 0 aromatic rings. The fraction of sp³-hybridized carbons (Fsp3) is 0.538. The average molecular weight is 191 g/mol. The van der Waals surface area contributed by atoms with E-state index in [0.717, 1.165) is 13.0 Å². The van der Waals surface area contributed by atoms with E-state index in [-0.39, 0.29) is 0 Å². The van der Waals surface area contributed by atoms with Gasteiger partial charge in [-0.15, -0.1) is 0 Å². The maximum atomic E-state index is 3.45. The van der Waals surface area contributed by atoms with Gasteiger partial charge in [-0.3, -0.25) is 0 Å². The van der Waals surface area contributed by atoms with Crippen LogP contribution in [0.1, 0.15) is 40.0 Å². The molecule has 1 heteroatoms. The van der Waals surface area contributed by atoms with Gasteiger partial charge in [0.2, 0.25) is 0 Å². The lowest BCUT2D eigenvalue weighted by atomic mass is 10.1. The van der Waals surface area contributed by atoms with Crippen LogP contribution in [0, 0.1) is 0 Å². The zero-order valence-corrected chi connectivity index (χ0v) is 9.56. The van der Waals surface area contributed by atoms with Crippen LogP contribution in [0.4, 0.5) is 0 Å². The molecule has 2 aliphatic rings. The van der Waals surface area contributed by atoms with Crippen LogP contribution < -0.4 is 5.32 Å². The van der Waals surface area contributed by atoms with Gasteiger partial charge in [0.15, 0.2) is 0 Å². The molecule has 1 nitrogen and oxygen atoms in total. The van der Waals surface area contributed by atoms with Crippen LogP contribution in [-0.4, -0.2) is 6.54 Å². The predicted octanol–water partition coefficient (Wildman–Crippen LogP) is 3.56. The summed E-state index contributed by atoms with van der Waals surface area (Å²) in [7, 11) is 0. The number of rotatable bonds is 0. The molecule has 0 radical (unpaired) electrons. The molecule has 78 valence electrons. The Hall–Kier alpha value is -0.980. The van der Waals surface area contributed by atoms with E-state index in [0.29, 0.717) is 0 Å². The van der Waals surface area contributed by atoms with E-state index in [1.165, 1.54) is 24.1 Å². The molecule has 1 fully saturated rings. The van der Waals surface area contributed by atoms with Gasteiger partial charge in [0, 0.05) is 18.7 Å². The van der Waals surface area contributed by atoms with Gasteiger partial charge in [0.1, 0.15) is 0 Å². The third-order valence-corrected chi connectivity index (χ3v) is 2.42. The van der Waals surface area contributed by atoms with E-state index in [2.05, 4.69) is 30.5 Å². The Labute approximate surface area is 87.6 Å². The Kier molecular flexibility index (Phi) is 4.51. The molecule has 0 aromatic heterocycles. The van der Waals surface area contributed by atoms with E-state index in [1.54, 1.807) is 5.57 Å². The van der Waals surface area contributed by atoms with Crippen molar-refractivity contribution in [1.29, 1.82) is 0 Å². The van der Waals surface area contributed by atoms with E-state index >= 15 is 0 Å².